The lowest BCUT2D eigenvalue weighted by atomic mass is 9.87. The summed E-state index contributed by atoms with van der Waals surface area (Å²) in [7, 11) is 0. The van der Waals surface area contributed by atoms with Gasteiger partial charge in [-0.05, 0) is 29.5 Å². The maximum absolute atomic E-state index is 8.68. The SMILES string of the molecule is CC(C)C(CC#N)c1ccncc1. The molecule has 1 aromatic heterocycles. The van der Waals surface area contributed by atoms with Crippen LogP contribution in [0.15, 0.2) is 24.5 Å². The van der Waals surface area contributed by atoms with Crippen molar-refractivity contribution in [1.82, 2.24) is 4.98 Å². The Bertz CT molecular complexity index is 285. The zero-order valence-corrected chi connectivity index (χ0v) is 8.07. The van der Waals surface area contributed by atoms with Gasteiger partial charge in [0.05, 0.1) is 6.07 Å². The quantitative estimate of drug-likeness (QED) is 0.706. The van der Waals surface area contributed by atoms with E-state index in [1.165, 1.54) is 5.56 Å². The van der Waals surface area contributed by atoms with Crippen LogP contribution in [-0.2, 0) is 0 Å². The van der Waals surface area contributed by atoms with Gasteiger partial charge in [-0.3, -0.25) is 4.98 Å². The van der Waals surface area contributed by atoms with Crippen molar-refractivity contribution in [3.63, 3.8) is 0 Å². The highest BCUT2D eigenvalue weighted by Gasteiger charge is 2.14. The third kappa shape index (κ3) is 2.55. The van der Waals surface area contributed by atoms with E-state index in [1.54, 1.807) is 12.4 Å². The first-order valence-electron chi connectivity index (χ1n) is 4.52. The fraction of sp³-hybridized carbons (Fsp3) is 0.455. The maximum Gasteiger partial charge on any atom is 0.0628 e. The van der Waals surface area contributed by atoms with Crippen LogP contribution in [0.1, 0.15) is 31.7 Å². The summed E-state index contributed by atoms with van der Waals surface area (Å²) in [6, 6.07) is 6.20. The highest BCUT2D eigenvalue weighted by Crippen LogP contribution is 2.26. The molecule has 0 aliphatic carbocycles. The van der Waals surface area contributed by atoms with Crippen molar-refractivity contribution >= 4 is 0 Å². The van der Waals surface area contributed by atoms with Crippen molar-refractivity contribution in [2.45, 2.75) is 26.2 Å². The number of rotatable bonds is 3. The van der Waals surface area contributed by atoms with E-state index < -0.39 is 0 Å². The molecule has 68 valence electrons. The summed E-state index contributed by atoms with van der Waals surface area (Å²) in [5.74, 6) is 0.843. The van der Waals surface area contributed by atoms with Crippen LogP contribution in [0.3, 0.4) is 0 Å². The molecule has 1 unspecified atom stereocenters. The van der Waals surface area contributed by atoms with E-state index in [-0.39, 0.29) is 0 Å². The Kier molecular flexibility index (Phi) is 3.45. The van der Waals surface area contributed by atoms with Crippen LogP contribution in [0.5, 0.6) is 0 Å². The second-order valence-electron chi connectivity index (χ2n) is 3.49. The predicted molar refractivity (Wildman–Crippen MR) is 52.0 cm³/mol. The van der Waals surface area contributed by atoms with Gasteiger partial charge in [0.25, 0.3) is 0 Å². The maximum atomic E-state index is 8.68. The van der Waals surface area contributed by atoms with Crippen LogP contribution >= 0.6 is 0 Å². The Balaban J connectivity index is 2.84. The number of aromatic nitrogens is 1. The van der Waals surface area contributed by atoms with Crippen LogP contribution < -0.4 is 0 Å². The molecule has 0 radical (unpaired) electrons. The van der Waals surface area contributed by atoms with Crippen LogP contribution in [-0.4, -0.2) is 4.98 Å². The Hall–Kier alpha value is -1.36. The first-order valence-corrected chi connectivity index (χ1v) is 4.52. The van der Waals surface area contributed by atoms with Crippen LogP contribution in [0, 0.1) is 17.2 Å². The largest absolute Gasteiger partial charge is 0.265 e. The topological polar surface area (TPSA) is 36.7 Å². The molecule has 0 aliphatic rings. The van der Waals surface area contributed by atoms with Gasteiger partial charge in [0.2, 0.25) is 0 Å². The molecule has 2 heteroatoms. The van der Waals surface area contributed by atoms with E-state index in [1.807, 2.05) is 12.1 Å². The first kappa shape index (κ1) is 9.73. The Labute approximate surface area is 79.2 Å². The normalized spacial score (nSPS) is 12.5. The summed E-state index contributed by atoms with van der Waals surface area (Å²) in [5, 5.41) is 8.68. The van der Waals surface area contributed by atoms with Crippen molar-refractivity contribution in [1.29, 1.82) is 5.26 Å². The molecule has 13 heavy (non-hydrogen) atoms. The van der Waals surface area contributed by atoms with Crippen molar-refractivity contribution in [3.05, 3.63) is 30.1 Å². The molecule has 1 aromatic rings. The van der Waals surface area contributed by atoms with Crippen LogP contribution in [0.2, 0.25) is 0 Å². The number of nitriles is 1. The lowest BCUT2D eigenvalue weighted by Crippen LogP contribution is -2.05. The number of pyridine rings is 1. The van der Waals surface area contributed by atoms with Gasteiger partial charge in [0.15, 0.2) is 0 Å². The molecular weight excluding hydrogens is 160 g/mol. The molecule has 0 amide bonds. The Morgan fingerprint density at radius 2 is 2.00 bits per heavy atom. The monoisotopic (exact) mass is 174 g/mol. The fourth-order valence-electron chi connectivity index (χ4n) is 1.45. The highest BCUT2D eigenvalue weighted by molar-refractivity contribution is 5.17. The zero-order chi connectivity index (χ0) is 9.68. The molecule has 0 saturated carbocycles. The van der Waals surface area contributed by atoms with Crippen molar-refractivity contribution < 1.29 is 0 Å². The van der Waals surface area contributed by atoms with E-state index >= 15 is 0 Å². The molecule has 0 aromatic carbocycles. The van der Waals surface area contributed by atoms with Gasteiger partial charge in [0.1, 0.15) is 0 Å². The van der Waals surface area contributed by atoms with Gasteiger partial charge in [-0.1, -0.05) is 13.8 Å². The van der Waals surface area contributed by atoms with Gasteiger partial charge in [-0.2, -0.15) is 5.26 Å². The third-order valence-electron chi connectivity index (χ3n) is 2.25. The number of nitrogens with zero attached hydrogens (tertiary/aromatic N) is 2. The smallest absolute Gasteiger partial charge is 0.0628 e. The van der Waals surface area contributed by atoms with Gasteiger partial charge in [0, 0.05) is 18.8 Å². The summed E-state index contributed by atoms with van der Waals surface area (Å²) in [6.45, 7) is 4.28. The molecular formula is C11H14N2. The van der Waals surface area contributed by atoms with Crippen molar-refractivity contribution in [3.8, 4) is 6.07 Å². The Morgan fingerprint density at radius 1 is 1.38 bits per heavy atom. The third-order valence-corrected chi connectivity index (χ3v) is 2.25. The molecule has 0 bridgehead atoms. The average Bonchev–Trinajstić information content (AvgIpc) is 2.15. The van der Waals surface area contributed by atoms with Gasteiger partial charge >= 0.3 is 0 Å². The lowest BCUT2D eigenvalue weighted by molar-refractivity contribution is 0.505. The number of hydrogen-bond donors (Lipinski definition) is 0. The summed E-state index contributed by atoms with van der Waals surface area (Å²) in [5.41, 5.74) is 1.21. The minimum absolute atomic E-state index is 0.341. The minimum atomic E-state index is 0.341. The van der Waals surface area contributed by atoms with Gasteiger partial charge < -0.3 is 0 Å². The highest BCUT2D eigenvalue weighted by atomic mass is 14.6. The molecule has 0 fully saturated rings. The Morgan fingerprint density at radius 3 is 2.46 bits per heavy atom. The number of hydrogen-bond acceptors (Lipinski definition) is 2. The standard InChI is InChI=1S/C11H14N2/c1-9(2)11(3-6-12)10-4-7-13-8-5-10/h4-5,7-9,11H,3H2,1-2H3. The average molecular weight is 174 g/mol. The van der Waals surface area contributed by atoms with Crippen molar-refractivity contribution in [2.24, 2.45) is 5.92 Å². The predicted octanol–water partition coefficient (Wildman–Crippen LogP) is 2.73. The second-order valence-corrected chi connectivity index (χ2v) is 3.49. The summed E-state index contributed by atoms with van der Waals surface area (Å²) in [4.78, 5) is 3.96. The molecule has 0 N–H and O–H groups in total. The van der Waals surface area contributed by atoms with Gasteiger partial charge in [-0.15, -0.1) is 0 Å². The minimum Gasteiger partial charge on any atom is -0.265 e. The molecule has 1 atom stereocenters. The zero-order valence-electron chi connectivity index (χ0n) is 8.07. The molecule has 1 heterocycles. The van der Waals surface area contributed by atoms with E-state index in [4.69, 9.17) is 5.26 Å². The molecule has 0 spiro atoms. The molecule has 0 saturated heterocycles. The van der Waals surface area contributed by atoms with E-state index in [2.05, 4.69) is 24.9 Å². The first-order chi connectivity index (χ1) is 6.25. The van der Waals surface area contributed by atoms with Crippen LogP contribution in [0.4, 0.5) is 0 Å². The van der Waals surface area contributed by atoms with Crippen LogP contribution in [0.25, 0.3) is 0 Å². The lowest BCUT2D eigenvalue weighted by Gasteiger charge is -2.17. The van der Waals surface area contributed by atoms with E-state index in [0.29, 0.717) is 18.3 Å². The van der Waals surface area contributed by atoms with E-state index in [0.717, 1.165) is 0 Å². The molecule has 2 nitrogen and oxygen atoms in total. The summed E-state index contributed by atoms with van der Waals surface area (Å²) in [6.07, 6.45) is 4.14. The molecule has 0 aliphatic heterocycles. The van der Waals surface area contributed by atoms with E-state index in [9.17, 15) is 0 Å². The second kappa shape index (κ2) is 4.61. The van der Waals surface area contributed by atoms with Crippen molar-refractivity contribution in [2.75, 3.05) is 0 Å². The summed E-state index contributed by atoms with van der Waals surface area (Å²) >= 11 is 0. The fourth-order valence-corrected chi connectivity index (χ4v) is 1.45. The van der Waals surface area contributed by atoms with Gasteiger partial charge in [-0.25, -0.2) is 0 Å². The summed E-state index contributed by atoms with van der Waals surface area (Å²) < 4.78 is 0. The molecule has 1 rings (SSSR count).